The molecule has 0 saturated heterocycles. The first-order valence-corrected chi connectivity index (χ1v) is 5.83. The molecule has 0 N–H and O–H groups in total. The van der Waals surface area contributed by atoms with Crippen LogP contribution in [0.25, 0.3) is 5.57 Å². The van der Waals surface area contributed by atoms with E-state index in [0.29, 0.717) is 5.69 Å². The van der Waals surface area contributed by atoms with E-state index in [9.17, 15) is 4.79 Å². The van der Waals surface area contributed by atoms with Gasteiger partial charge in [-0.2, -0.15) is 4.37 Å². The van der Waals surface area contributed by atoms with E-state index in [4.69, 9.17) is 0 Å². The lowest BCUT2D eigenvalue weighted by Gasteiger charge is -2.09. The normalized spacial score (nSPS) is 15.9. The van der Waals surface area contributed by atoms with E-state index in [-0.39, 0.29) is 5.97 Å². The van der Waals surface area contributed by atoms with Crippen LogP contribution in [0.1, 0.15) is 41.0 Å². The molecule has 0 amide bonds. The number of rotatable bonds is 2. The van der Waals surface area contributed by atoms with Gasteiger partial charge in [0, 0.05) is 0 Å². The minimum Gasteiger partial charge on any atom is -0.464 e. The Morgan fingerprint density at radius 2 is 2.40 bits per heavy atom. The minimum absolute atomic E-state index is 0.353. The number of hydrogen-bond donors (Lipinski definition) is 0. The molecule has 0 atom stereocenters. The second kappa shape index (κ2) is 4.57. The van der Waals surface area contributed by atoms with Gasteiger partial charge in [0.2, 0.25) is 0 Å². The average Bonchev–Trinajstić information content (AvgIpc) is 2.78. The molecule has 0 saturated carbocycles. The fourth-order valence-corrected chi connectivity index (χ4v) is 2.48. The maximum atomic E-state index is 11.2. The van der Waals surface area contributed by atoms with Crippen molar-refractivity contribution >= 4 is 23.1 Å². The van der Waals surface area contributed by atoms with Crippen LogP contribution in [0, 0.1) is 0 Å². The number of hydrogen-bond acceptors (Lipinski definition) is 4. The van der Waals surface area contributed by atoms with E-state index in [2.05, 4.69) is 15.2 Å². The zero-order valence-corrected chi connectivity index (χ0v) is 9.47. The molecule has 1 aromatic heterocycles. The van der Waals surface area contributed by atoms with Gasteiger partial charge >= 0.3 is 5.97 Å². The number of aromatic nitrogens is 1. The van der Waals surface area contributed by atoms with Crippen molar-refractivity contribution in [2.45, 2.75) is 25.7 Å². The van der Waals surface area contributed by atoms with Crippen molar-refractivity contribution in [1.29, 1.82) is 0 Å². The Balaban J connectivity index is 2.19. The molecular formula is C11H13NO2S. The molecule has 2 rings (SSSR count). The number of carbonyl (C=O) groups is 1. The number of carbonyl (C=O) groups excluding carboxylic acids is 1. The van der Waals surface area contributed by atoms with Gasteiger partial charge in [-0.1, -0.05) is 6.08 Å². The van der Waals surface area contributed by atoms with Gasteiger partial charge in [0.1, 0.15) is 0 Å². The smallest absolute Gasteiger partial charge is 0.357 e. The van der Waals surface area contributed by atoms with Crippen molar-refractivity contribution in [1.82, 2.24) is 4.37 Å². The predicted molar refractivity (Wildman–Crippen MR) is 59.9 cm³/mol. The zero-order valence-electron chi connectivity index (χ0n) is 8.66. The molecule has 1 heterocycles. The van der Waals surface area contributed by atoms with Gasteiger partial charge in [-0.3, -0.25) is 0 Å². The van der Waals surface area contributed by atoms with E-state index in [1.165, 1.54) is 37.1 Å². The summed E-state index contributed by atoms with van der Waals surface area (Å²) in [5.74, 6) is -0.353. The summed E-state index contributed by atoms with van der Waals surface area (Å²) >= 11 is 1.38. The Kier molecular flexibility index (Phi) is 3.16. The number of nitrogens with zero attached hydrogens (tertiary/aromatic N) is 1. The Morgan fingerprint density at radius 3 is 3.07 bits per heavy atom. The Labute approximate surface area is 92.9 Å². The summed E-state index contributed by atoms with van der Waals surface area (Å²) in [4.78, 5) is 12.3. The minimum atomic E-state index is -0.353. The second-order valence-corrected chi connectivity index (χ2v) is 4.35. The van der Waals surface area contributed by atoms with E-state index in [1.54, 1.807) is 0 Å². The van der Waals surface area contributed by atoms with Crippen molar-refractivity contribution in [2.75, 3.05) is 7.11 Å². The summed E-state index contributed by atoms with van der Waals surface area (Å²) in [6, 6.07) is 1.83. The van der Waals surface area contributed by atoms with Gasteiger partial charge < -0.3 is 4.74 Å². The summed E-state index contributed by atoms with van der Waals surface area (Å²) in [5, 5.41) is 0. The third-order valence-corrected chi connectivity index (χ3v) is 3.38. The van der Waals surface area contributed by atoms with Gasteiger partial charge in [-0.25, -0.2) is 4.79 Å². The molecule has 0 spiro atoms. The molecule has 1 aromatic rings. The van der Waals surface area contributed by atoms with E-state index in [1.807, 2.05) is 6.07 Å². The standard InChI is InChI=1S/C11H13NO2S/c1-14-11(13)9-7-10(15-12-9)8-5-3-2-4-6-8/h5,7H,2-4,6H2,1H3. The molecule has 0 radical (unpaired) electrons. The molecule has 15 heavy (non-hydrogen) atoms. The second-order valence-electron chi connectivity index (χ2n) is 3.54. The molecular weight excluding hydrogens is 210 g/mol. The molecule has 1 aliphatic carbocycles. The molecule has 80 valence electrons. The topological polar surface area (TPSA) is 39.2 Å². The molecule has 0 fully saturated rings. The van der Waals surface area contributed by atoms with Crippen LogP contribution in [-0.2, 0) is 4.74 Å². The van der Waals surface area contributed by atoms with Crippen molar-refractivity contribution in [3.63, 3.8) is 0 Å². The molecule has 0 bridgehead atoms. The van der Waals surface area contributed by atoms with Gasteiger partial charge in [-0.15, -0.1) is 0 Å². The molecule has 0 unspecified atom stereocenters. The van der Waals surface area contributed by atoms with Gasteiger partial charge in [0.25, 0.3) is 0 Å². The highest BCUT2D eigenvalue weighted by Crippen LogP contribution is 2.29. The number of allylic oxidation sites excluding steroid dienone is 2. The first-order valence-electron chi connectivity index (χ1n) is 5.05. The summed E-state index contributed by atoms with van der Waals surface area (Å²) in [6.07, 6.45) is 6.99. The lowest BCUT2D eigenvalue weighted by Crippen LogP contribution is -2.00. The number of esters is 1. The van der Waals surface area contributed by atoms with Crippen LogP contribution in [0.5, 0.6) is 0 Å². The maximum absolute atomic E-state index is 11.2. The summed E-state index contributed by atoms with van der Waals surface area (Å²) in [5.41, 5.74) is 1.75. The van der Waals surface area contributed by atoms with E-state index in [0.717, 1.165) is 17.7 Å². The summed E-state index contributed by atoms with van der Waals surface area (Å²) < 4.78 is 8.71. The van der Waals surface area contributed by atoms with Gasteiger partial charge in [-0.05, 0) is 48.9 Å². The third-order valence-electron chi connectivity index (χ3n) is 2.51. The zero-order chi connectivity index (χ0) is 10.7. The molecule has 0 aliphatic heterocycles. The SMILES string of the molecule is COC(=O)c1cc(C2=CCCCC2)sn1. The first-order chi connectivity index (χ1) is 7.31. The van der Waals surface area contributed by atoms with Crippen LogP contribution in [-0.4, -0.2) is 17.5 Å². The monoisotopic (exact) mass is 223 g/mol. The highest BCUT2D eigenvalue weighted by atomic mass is 32.1. The van der Waals surface area contributed by atoms with Crippen LogP contribution >= 0.6 is 11.5 Å². The predicted octanol–water partition coefficient (Wildman–Crippen LogP) is 2.89. The maximum Gasteiger partial charge on any atom is 0.357 e. The quantitative estimate of drug-likeness (QED) is 0.724. The van der Waals surface area contributed by atoms with Crippen LogP contribution in [0.4, 0.5) is 0 Å². The number of ether oxygens (including phenoxy) is 1. The van der Waals surface area contributed by atoms with Gasteiger partial charge in [0.05, 0.1) is 12.0 Å². The third kappa shape index (κ3) is 2.26. The lowest BCUT2D eigenvalue weighted by molar-refractivity contribution is 0.0595. The van der Waals surface area contributed by atoms with Gasteiger partial charge in [0.15, 0.2) is 5.69 Å². The van der Waals surface area contributed by atoms with E-state index < -0.39 is 0 Å². The highest BCUT2D eigenvalue weighted by molar-refractivity contribution is 7.07. The average molecular weight is 223 g/mol. The van der Waals surface area contributed by atoms with Crippen LogP contribution in [0.15, 0.2) is 12.1 Å². The fraction of sp³-hybridized carbons (Fsp3) is 0.455. The molecule has 1 aliphatic rings. The Bertz CT molecular complexity index is 395. The summed E-state index contributed by atoms with van der Waals surface area (Å²) in [7, 11) is 1.38. The van der Waals surface area contributed by atoms with Crippen molar-refractivity contribution in [3.05, 3.63) is 22.7 Å². The van der Waals surface area contributed by atoms with Crippen molar-refractivity contribution < 1.29 is 9.53 Å². The van der Waals surface area contributed by atoms with Crippen molar-refractivity contribution in [2.24, 2.45) is 0 Å². The van der Waals surface area contributed by atoms with E-state index >= 15 is 0 Å². The highest BCUT2D eigenvalue weighted by Gasteiger charge is 2.14. The molecule has 3 nitrogen and oxygen atoms in total. The van der Waals surface area contributed by atoms with Crippen LogP contribution < -0.4 is 0 Å². The number of methoxy groups -OCH3 is 1. The fourth-order valence-electron chi connectivity index (χ4n) is 1.69. The Morgan fingerprint density at radius 1 is 1.53 bits per heavy atom. The Hall–Kier alpha value is -1.16. The summed E-state index contributed by atoms with van der Waals surface area (Å²) in [6.45, 7) is 0. The van der Waals surface area contributed by atoms with Crippen LogP contribution in [0.3, 0.4) is 0 Å². The largest absolute Gasteiger partial charge is 0.464 e. The first kappa shape index (κ1) is 10.4. The van der Waals surface area contributed by atoms with Crippen LogP contribution in [0.2, 0.25) is 0 Å². The molecule has 0 aromatic carbocycles. The van der Waals surface area contributed by atoms with Crippen molar-refractivity contribution in [3.8, 4) is 0 Å². The molecule has 4 heteroatoms. The lowest BCUT2D eigenvalue weighted by atomic mass is 9.98.